The summed E-state index contributed by atoms with van der Waals surface area (Å²) in [5.41, 5.74) is 1.81. The first-order chi connectivity index (χ1) is 20.1. The zero-order valence-corrected chi connectivity index (χ0v) is 25.1. The van der Waals surface area contributed by atoms with E-state index in [0.29, 0.717) is 31.9 Å². The van der Waals surface area contributed by atoms with Crippen LogP contribution in [0.5, 0.6) is 0 Å². The van der Waals surface area contributed by atoms with Gasteiger partial charge in [-0.05, 0) is 70.2 Å². The van der Waals surface area contributed by atoms with E-state index in [1.165, 1.54) is 6.07 Å². The monoisotopic (exact) mass is 596 g/mol. The standard InChI is InChI=1S/C32H38ClFN4O4/c1-32(2,3)42-30(39)36-16-13-23(14-17-36)29-35-28(24-11-12-27(34)26(33)18-24)20-37(29)19-25-10-7-15-38(25)31(40)41-21-22-8-5-4-6-9-22/h4-6,8-9,11-12,18,20,23,25H,7,10,13-17,19,21H2,1-3H3/t25-/m1/s1. The molecule has 2 aliphatic rings. The fourth-order valence-electron chi connectivity index (χ4n) is 5.64. The Morgan fingerprint density at radius 2 is 1.76 bits per heavy atom. The average Bonchev–Trinajstić information content (AvgIpc) is 3.61. The molecule has 3 heterocycles. The van der Waals surface area contributed by atoms with Gasteiger partial charge in [0.2, 0.25) is 0 Å². The fourth-order valence-corrected chi connectivity index (χ4v) is 5.82. The van der Waals surface area contributed by atoms with Crippen molar-refractivity contribution in [2.75, 3.05) is 19.6 Å². The van der Waals surface area contributed by atoms with E-state index in [9.17, 15) is 14.0 Å². The summed E-state index contributed by atoms with van der Waals surface area (Å²) in [6.45, 7) is 8.13. The largest absolute Gasteiger partial charge is 0.445 e. The molecular formula is C32H38ClFN4O4. The van der Waals surface area contributed by atoms with Crippen LogP contribution in [0.2, 0.25) is 5.02 Å². The fraction of sp³-hybridized carbons (Fsp3) is 0.469. The normalized spacial score (nSPS) is 17.9. The highest BCUT2D eigenvalue weighted by atomic mass is 35.5. The molecule has 10 heteroatoms. The second-order valence-electron chi connectivity index (χ2n) is 12.0. The molecule has 0 N–H and O–H groups in total. The molecule has 42 heavy (non-hydrogen) atoms. The summed E-state index contributed by atoms with van der Waals surface area (Å²) >= 11 is 6.10. The summed E-state index contributed by atoms with van der Waals surface area (Å²) in [5.74, 6) is 0.511. The lowest BCUT2D eigenvalue weighted by Gasteiger charge is -2.33. The van der Waals surface area contributed by atoms with Gasteiger partial charge >= 0.3 is 12.2 Å². The topological polar surface area (TPSA) is 76.9 Å². The van der Waals surface area contributed by atoms with Gasteiger partial charge in [0, 0.05) is 43.9 Å². The third kappa shape index (κ3) is 7.24. The van der Waals surface area contributed by atoms with Crippen molar-refractivity contribution in [1.29, 1.82) is 0 Å². The van der Waals surface area contributed by atoms with Crippen molar-refractivity contribution >= 4 is 23.8 Å². The van der Waals surface area contributed by atoms with Crippen LogP contribution in [0, 0.1) is 5.82 Å². The van der Waals surface area contributed by atoms with E-state index in [2.05, 4.69) is 4.57 Å². The highest BCUT2D eigenvalue weighted by molar-refractivity contribution is 6.31. The van der Waals surface area contributed by atoms with Gasteiger partial charge < -0.3 is 23.8 Å². The summed E-state index contributed by atoms with van der Waals surface area (Å²) in [6.07, 6.45) is 4.54. The average molecular weight is 597 g/mol. The van der Waals surface area contributed by atoms with Crippen molar-refractivity contribution in [2.24, 2.45) is 0 Å². The number of carbonyl (C=O) groups excluding carboxylic acids is 2. The lowest BCUT2D eigenvalue weighted by Crippen LogP contribution is -2.42. The molecule has 2 aromatic carbocycles. The molecule has 2 fully saturated rings. The van der Waals surface area contributed by atoms with E-state index < -0.39 is 11.4 Å². The Kier molecular flexibility index (Phi) is 9.06. The molecule has 1 aromatic heterocycles. The van der Waals surface area contributed by atoms with Crippen LogP contribution in [-0.4, -0.2) is 62.8 Å². The number of aromatic nitrogens is 2. The molecule has 3 aromatic rings. The molecule has 0 spiro atoms. The van der Waals surface area contributed by atoms with Crippen LogP contribution in [-0.2, 0) is 22.6 Å². The first-order valence-electron chi connectivity index (χ1n) is 14.5. The number of carbonyl (C=O) groups is 2. The molecule has 2 saturated heterocycles. The van der Waals surface area contributed by atoms with Crippen molar-refractivity contribution in [3.63, 3.8) is 0 Å². The van der Waals surface area contributed by atoms with Crippen LogP contribution >= 0.6 is 11.6 Å². The van der Waals surface area contributed by atoms with Crippen LogP contribution in [0.25, 0.3) is 11.3 Å². The molecule has 2 amide bonds. The highest BCUT2D eigenvalue weighted by Gasteiger charge is 2.33. The zero-order valence-electron chi connectivity index (χ0n) is 24.4. The first-order valence-corrected chi connectivity index (χ1v) is 14.9. The number of halogens is 2. The SMILES string of the molecule is CC(C)(C)OC(=O)N1CCC(c2nc(-c3ccc(F)c(Cl)c3)cn2C[C@H]2CCCN2C(=O)OCc2ccccc2)CC1. The number of benzene rings is 2. The summed E-state index contributed by atoms with van der Waals surface area (Å²) in [6, 6.07) is 14.2. The Morgan fingerprint density at radius 3 is 2.45 bits per heavy atom. The second-order valence-corrected chi connectivity index (χ2v) is 12.4. The quantitative estimate of drug-likeness (QED) is 0.299. The Bertz CT molecular complexity index is 1400. The minimum Gasteiger partial charge on any atom is -0.445 e. The van der Waals surface area contributed by atoms with Crippen LogP contribution in [0.1, 0.15) is 63.8 Å². The molecule has 5 rings (SSSR count). The highest BCUT2D eigenvalue weighted by Crippen LogP contribution is 2.33. The number of nitrogens with zero attached hydrogens (tertiary/aromatic N) is 4. The van der Waals surface area contributed by atoms with Crippen molar-refractivity contribution in [2.45, 2.75) is 77.2 Å². The Balaban J connectivity index is 1.34. The first kappa shape index (κ1) is 29.9. The third-order valence-electron chi connectivity index (χ3n) is 7.76. The van der Waals surface area contributed by atoms with Crippen LogP contribution < -0.4 is 0 Å². The van der Waals surface area contributed by atoms with Gasteiger partial charge in [-0.15, -0.1) is 0 Å². The number of hydrogen-bond acceptors (Lipinski definition) is 5. The molecule has 0 bridgehead atoms. The summed E-state index contributed by atoms with van der Waals surface area (Å²) in [5, 5.41) is 0.0393. The predicted molar refractivity (Wildman–Crippen MR) is 159 cm³/mol. The van der Waals surface area contributed by atoms with Crippen molar-refractivity contribution in [3.05, 3.63) is 77.0 Å². The van der Waals surface area contributed by atoms with E-state index in [4.69, 9.17) is 26.1 Å². The minimum absolute atomic E-state index is 0.0393. The molecule has 2 aliphatic heterocycles. The van der Waals surface area contributed by atoms with Gasteiger partial charge in [-0.2, -0.15) is 0 Å². The van der Waals surface area contributed by atoms with Crippen LogP contribution in [0.4, 0.5) is 14.0 Å². The number of hydrogen-bond donors (Lipinski definition) is 0. The Morgan fingerprint density at radius 1 is 1.02 bits per heavy atom. The minimum atomic E-state index is -0.551. The lowest BCUT2D eigenvalue weighted by atomic mass is 9.96. The van der Waals surface area contributed by atoms with Crippen LogP contribution in [0.3, 0.4) is 0 Å². The number of piperidine rings is 1. The van der Waals surface area contributed by atoms with E-state index >= 15 is 0 Å². The Hall–Kier alpha value is -3.59. The van der Waals surface area contributed by atoms with E-state index in [0.717, 1.165) is 42.6 Å². The van der Waals surface area contributed by atoms with Gasteiger partial charge in [0.1, 0.15) is 23.8 Å². The van der Waals surface area contributed by atoms with Crippen LogP contribution in [0.15, 0.2) is 54.7 Å². The molecular weight excluding hydrogens is 559 g/mol. The molecule has 224 valence electrons. The van der Waals surface area contributed by atoms with Gasteiger partial charge in [-0.1, -0.05) is 41.9 Å². The summed E-state index contributed by atoms with van der Waals surface area (Å²) < 4.78 is 27.3. The predicted octanol–water partition coefficient (Wildman–Crippen LogP) is 7.26. The van der Waals surface area contributed by atoms with E-state index in [1.54, 1.807) is 17.0 Å². The molecule has 0 unspecified atom stereocenters. The maximum atomic E-state index is 13.9. The van der Waals surface area contributed by atoms with Crippen molar-refractivity contribution in [3.8, 4) is 11.3 Å². The van der Waals surface area contributed by atoms with Gasteiger partial charge in [0.25, 0.3) is 0 Å². The molecule has 0 saturated carbocycles. The molecule has 8 nitrogen and oxygen atoms in total. The second kappa shape index (κ2) is 12.7. The van der Waals surface area contributed by atoms with E-state index in [1.807, 2.05) is 62.2 Å². The van der Waals surface area contributed by atoms with Gasteiger partial charge in [0.15, 0.2) is 0 Å². The van der Waals surface area contributed by atoms with Crippen molar-refractivity contribution < 1.29 is 23.5 Å². The summed E-state index contributed by atoms with van der Waals surface area (Å²) in [4.78, 5) is 34.3. The zero-order chi connectivity index (χ0) is 29.9. The molecule has 0 radical (unpaired) electrons. The van der Waals surface area contributed by atoms with Crippen molar-refractivity contribution in [1.82, 2.24) is 19.4 Å². The third-order valence-corrected chi connectivity index (χ3v) is 8.05. The molecule has 0 aliphatic carbocycles. The Labute approximate surface area is 251 Å². The van der Waals surface area contributed by atoms with E-state index in [-0.39, 0.29) is 35.8 Å². The lowest BCUT2D eigenvalue weighted by molar-refractivity contribution is 0.0202. The smallest absolute Gasteiger partial charge is 0.410 e. The van der Waals surface area contributed by atoms with Gasteiger partial charge in [-0.25, -0.2) is 19.0 Å². The van der Waals surface area contributed by atoms with Gasteiger partial charge in [0.05, 0.1) is 16.8 Å². The number of ether oxygens (including phenoxy) is 2. The molecule has 1 atom stereocenters. The number of likely N-dealkylation sites (tertiary alicyclic amines) is 2. The van der Waals surface area contributed by atoms with Gasteiger partial charge in [-0.3, -0.25) is 0 Å². The number of imidazole rings is 1. The maximum absolute atomic E-state index is 13.9. The number of amides is 2. The number of rotatable bonds is 6. The summed E-state index contributed by atoms with van der Waals surface area (Å²) in [7, 11) is 0. The maximum Gasteiger partial charge on any atom is 0.410 e.